The van der Waals surface area contributed by atoms with Gasteiger partial charge in [0.05, 0.1) is 12.0 Å². The summed E-state index contributed by atoms with van der Waals surface area (Å²) in [5.41, 5.74) is 2.42. The van der Waals surface area contributed by atoms with E-state index in [0.717, 1.165) is 29.1 Å². The number of thiophene rings is 1. The van der Waals surface area contributed by atoms with Crippen LogP contribution in [0.1, 0.15) is 12.5 Å². The number of fused-ring (bicyclic) bond motifs is 1. The molecule has 0 saturated carbocycles. The second-order valence-electron chi connectivity index (χ2n) is 6.47. The van der Waals surface area contributed by atoms with E-state index in [1.54, 1.807) is 22.6 Å². The van der Waals surface area contributed by atoms with Crippen molar-refractivity contribution >= 4 is 33.5 Å². The van der Waals surface area contributed by atoms with Gasteiger partial charge in [-0.05, 0) is 25.0 Å². The largest absolute Gasteiger partial charge is 0.450 e. The number of aryl methyl sites for hydroxylation is 1. The van der Waals surface area contributed by atoms with Gasteiger partial charge < -0.3 is 14.5 Å². The molecule has 0 atom stereocenters. The molecular weight excluding hydrogens is 360 g/mol. The topological polar surface area (TPSA) is 58.6 Å². The van der Waals surface area contributed by atoms with Crippen LogP contribution in [-0.2, 0) is 4.74 Å². The number of carbonyl (C=O) groups is 1. The first-order valence-corrected chi connectivity index (χ1v) is 9.97. The Morgan fingerprint density at radius 1 is 1.15 bits per heavy atom. The van der Waals surface area contributed by atoms with Crippen LogP contribution in [0.2, 0.25) is 0 Å². The van der Waals surface area contributed by atoms with Crippen molar-refractivity contribution in [2.24, 2.45) is 0 Å². The Hall–Kier alpha value is -2.67. The first-order valence-electron chi connectivity index (χ1n) is 9.15. The molecule has 1 aliphatic rings. The van der Waals surface area contributed by atoms with E-state index in [1.807, 2.05) is 13.0 Å². The Balaban J connectivity index is 1.64. The number of piperazine rings is 1. The maximum absolute atomic E-state index is 11.9. The normalized spacial score (nSPS) is 14.6. The predicted molar refractivity (Wildman–Crippen MR) is 108 cm³/mol. The molecule has 6 nitrogen and oxygen atoms in total. The maximum Gasteiger partial charge on any atom is 0.409 e. The lowest BCUT2D eigenvalue weighted by Gasteiger charge is -2.35. The molecule has 3 aromatic rings. The summed E-state index contributed by atoms with van der Waals surface area (Å²) >= 11 is 1.70. The van der Waals surface area contributed by atoms with Gasteiger partial charge in [-0.1, -0.05) is 30.3 Å². The van der Waals surface area contributed by atoms with Crippen molar-refractivity contribution in [1.82, 2.24) is 14.9 Å². The number of aromatic nitrogens is 2. The molecule has 2 aromatic heterocycles. The molecule has 0 N–H and O–H groups in total. The zero-order chi connectivity index (χ0) is 18.8. The molecule has 7 heteroatoms. The molecule has 0 spiro atoms. The molecule has 1 saturated heterocycles. The van der Waals surface area contributed by atoms with E-state index in [0.29, 0.717) is 19.7 Å². The molecule has 1 fully saturated rings. The van der Waals surface area contributed by atoms with Crippen molar-refractivity contribution < 1.29 is 9.53 Å². The van der Waals surface area contributed by atoms with Crippen molar-refractivity contribution in [3.63, 3.8) is 0 Å². The third-order valence-electron chi connectivity index (χ3n) is 4.85. The standard InChI is InChI=1S/C20H22N4O2S/c1-3-26-20(25)24-11-9-23(10-12-24)18-16-14(2)17(15-7-5-4-6-8-15)27-19(16)22-13-21-18/h4-8,13H,3,9-12H2,1-2H3. The summed E-state index contributed by atoms with van der Waals surface area (Å²) in [5, 5.41) is 1.12. The minimum atomic E-state index is -0.233. The molecule has 4 rings (SSSR count). The van der Waals surface area contributed by atoms with Gasteiger partial charge in [0, 0.05) is 31.1 Å². The number of rotatable bonds is 3. The predicted octanol–water partition coefficient (Wildman–Crippen LogP) is 3.95. The Morgan fingerprint density at radius 3 is 2.59 bits per heavy atom. The lowest BCUT2D eigenvalue weighted by molar-refractivity contribution is 0.105. The van der Waals surface area contributed by atoms with Gasteiger partial charge >= 0.3 is 6.09 Å². The van der Waals surface area contributed by atoms with Gasteiger partial charge in [0.25, 0.3) is 0 Å². The first kappa shape index (κ1) is 17.7. The van der Waals surface area contributed by atoms with Crippen molar-refractivity contribution in [2.45, 2.75) is 13.8 Å². The minimum Gasteiger partial charge on any atom is -0.450 e. The summed E-state index contributed by atoms with van der Waals surface area (Å²) < 4.78 is 5.11. The van der Waals surface area contributed by atoms with Crippen LogP contribution in [0.25, 0.3) is 20.7 Å². The van der Waals surface area contributed by atoms with Crippen LogP contribution in [0.4, 0.5) is 10.6 Å². The highest BCUT2D eigenvalue weighted by atomic mass is 32.1. The molecule has 0 radical (unpaired) electrons. The van der Waals surface area contributed by atoms with E-state index in [4.69, 9.17) is 4.74 Å². The van der Waals surface area contributed by atoms with Gasteiger partial charge in [-0.3, -0.25) is 0 Å². The molecule has 1 amide bonds. The number of carbonyl (C=O) groups excluding carboxylic acids is 1. The van der Waals surface area contributed by atoms with Gasteiger partial charge in [-0.15, -0.1) is 11.3 Å². The van der Waals surface area contributed by atoms with Crippen LogP contribution >= 0.6 is 11.3 Å². The van der Waals surface area contributed by atoms with Crippen LogP contribution < -0.4 is 4.90 Å². The number of anilines is 1. The van der Waals surface area contributed by atoms with E-state index >= 15 is 0 Å². The number of hydrogen-bond acceptors (Lipinski definition) is 6. The van der Waals surface area contributed by atoms with E-state index in [-0.39, 0.29) is 6.09 Å². The Bertz CT molecular complexity index is 949. The van der Waals surface area contributed by atoms with Crippen molar-refractivity contribution in [1.29, 1.82) is 0 Å². The summed E-state index contributed by atoms with van der Waals surface area (Å²) in [6.45, 7) is 7.13. The van der Waals surface area contributed by atoms with Gasteiger partial charge in [0.2, 0.25) is 0 Å². The maximum atomic E-state index is 11.9. The Morgan fingerprint density at radius 2 is 1.89 bits per heavy atom. The lowest BCUT2D eigenvalue weighted by Crippen LogP contribution is -2.49. The number of ether oxygens (including phenoxy) is 1. The Kier molecular flexibility index (Phi) is 4.94. The lowest BCUT2D eigenvalue weighted by atomic mass is 10.1. The van der Waals surface area contributed by atoms with Crippen LogP contribution in [-0.4, -0.2) is 53.7 Å². The van der Waals surface area contributed by atoms with Gasteiger partial charge in [0.15, 0.2) is 0 Å². The quantitative estimate of drug-likeness (QED) is 0.687. The molecule has 0 bridgehead atoms. The fraction of sp³-hybridized carbons (Fsp3) is 0.350. The van der Waals surface area contributed by atoms with Crippen LogP contribution in [0.15, 0.2) is 36.7 Å². The highest BCUT2D eigenvalue weighted by Gasteiger charge is 2.25. The molecule has 1 aromatic carbocycles. The average molecular weight is 382 g/mol. The van der Waals surface area contributed by atoms with E-state index in [2.05, 4.69) is 46.1 Å². The van der Waals surface area contributed by atoms with Crippen LogP contribution in [0, 0.1) is 6.92 Å². The summed E-state index contributed by atoms with van der Waals surface area (Å²) in [6.07, 6.45) is 1.41. The second-order valence-corrected chi connectivity index (χ2v) is 7.47. The van der Waals surface area contributed by atoms with E-state index < -0.39 is 0 Å². The summed E-state index contributed by atoms with van der Waals surface area (Å²) in [5.74, 6) is 0.958. The van der Waals surface area contributed by atoms with Crippen molar-refractivity contribution in [3.05, 3.63) is 42.2 Å². The fourth-order valence-corrected chi connectivity index (χ4v) is 4.62. The second kappa shape index (κ2) is 7.52. The third kappa shape index (κ3) is 3.35. The molecule has 0 aliphatic carbocycles. The highest BCUT2D eigenvalue weighted by Crippen LogP contribution is 2.40. The molecule has 1 aliphatic heterocycles. The number of hydrogen-bond donors (Lipinski definition) is 0. The zero-order valence-electron chi connectivity index (χ0n) is 15.5. The summed E-state index contributed by atoms with van der Waals surface area (Å²) in [7, 11) is 0. The van der Waals surface area contributed by atoms with Crippen molar-refractivity contribution in [3.8, 4) is 10.4 Å². The minimum absolute atomic E-state index is 0.233. The van der Waals surface area contributed by atoms with Gasteiger partial charge in [0.1, 0.15) is 17.0 Å². The fourth-order valence-electron chi connectivity index (χ4n) is 3.47. The molecule has 3 heterocycles. The third-order valence-corrected chi connectivity index (χ3v) is 6.10. The smallest absolute Gasteiger partial charge is 0.409 e. The first-order chi connectivity index (χ1) is 13.2. The number of nitrogens with zero attached hydrogens (tertiary/aromatic N) is 4. The number of benzene rings is 1. The van der Waals surface area contributed by atoms with Gasteiger partial charge in [-0.25, -0.2) is 14.8 Å². The molecule has 0 unspecified atom stereocenters. The molecule has 27 heavy (non-hydrogen) atoms. The van der Waals surface area contributed by atoms with Gasteiger partial charge in [-0.2, -0.15) is 0 Å². The monoisotopic (exact) mass is 382 g/mol. The van der Waals surface area contributed by atoms with E-state index in [1.165, 1.54) is 16.0 Å². The summed E-state index contributed by atoms with van der Waals surface area (Å²) in [4.78, 5) is 27.3. The van der Waals surface area contributed by atoms with Crippen LogP contribution in [0.3, 0.4) is 0 Å². The molecular formula is C20H22N4O2S. The molecule has 140 valence electrons. The van der Waals surface area contributed by atoms with Crippen molar-refractivity contribution in [2.75, 3.05) is 37.7 Å². The highest BCUT2D eigenvalue weighted by molar-refractivity contribution is 7.22. The zero-order valence-corrected chi connectivity index (χ0v) is 16.3. The van der Waals surface area contributed by atoms with Crippen LogP contribution in [0.5, 0.6) is 0 Å². The SMILES string of the molecule is CCOC(=O)N1CCN(c2ncnc3sc(-c4ccccc4)c(C)c23)CC1. The summed E-state index contributed by atoms with van der Waals surface area (Å²) in [6, 6.07) is 10.4. The number of amides is 1. The van der Waals surface area contributed by atoms with E-state index in [9.17, 15) is 4.79 Å². The Labute approximate surface area is 162 Å². The average Bonchev–Trinajstić information content (AvgIpc) is 3.06.